The number of likely N-dealkylation sites (tertiary alicyclic amines) is 1. The Kier molecular flexibility index (Phi) is 6.46. The Balaban J connectivity index is 1.53. The monoisotopic (exact) mass is 361 g/mol. The van der Waals surface area contributed by atoms with Crippen molar-refractivity contribution in [3.8, 4) is 0 Å². The summed E-state index contributed by atoms with van der Waals surface area (Å²) in [5.41, 5.74) is 1.27. The molecule has 1 aromatic rings. The molecule has 2 heterocycles. The number of benzene rings is 1. The quantitative estimate of drug-likeness (QED) is 0.831. The number of carbonyl (C=O) groups excluding carboxylic acids is 1. The number of nitrogens with zero attached hydrogens (tertiary/aromatic N) is 2. The Morgan fingerprint density at radius 2 is 2.04 bits per heavy atom. The van der Waals surface area contributed by atoms with Gasteiger partial charge in [-0.25, -0.2) is 4.79 Å². The van der Waals surface area contributed by atoms with Gasteiger partial charge in [-0.15, -0.1) is 0 Å². The maximum Gasteiger partial charge on any atom is 0.318 e. The van der Waals surface area contributed by atoms with Crippen LogP contribution in [0.15, 0.2) is 30.3 Å². The van der Waals surface area contributed by atoms with Crippen molar-refractivity contribution in [2.24, 2.45) is 0 Å². The smallest absolute Gasteiger partial charge is 0.318 e. The minimum Gasteiger partial charge on any atom is -0.481 e. The number of amides is 2. The molecule has 1 aromatic carbocycles. The highest BCUT2D eigenvalue weighted by Crippen LogP contribution is 2.16. The lowest BCUT2D eigenvalue weighted by Crippen LogP contribution is -2.57. The summed E-state index contributed by atoms with van der Waals surface area (Å²) in [6.07, 6.45) is 1.91. The Morgan fingerprint density at radius 1 is 1.23 bits per heavy atom. The summed E-state index contributed by atoms with van der Waals surface area (Å²) in [5, 5.41) is 12.1. The van der Waals surface area contributed by atoms with Crippen LogP contribution in [0.3, 0.4) is 0 Å². The van der Waals surface area contributed by atoms with Crippen LogP contribution in [-0.2, 0) is 16.1 Å². The molecular formula is C19H27N3O4. The van der Waals surface area contributed by atoms with E-state index in [4.69, 9.17) is 9.84 Å². The molecule has 2 amide bonds. The van der Waals surface area contributed by atoms with Crippen molar-refractivity contribution in [3.63, 3.8) is 0 Å². The highest BCUT2D eigenvalue weighted by molar-refractivity contribution is 5.76. The molecule has 2 saturated heterocycles. The molecule has 2 fully saturated rings. The molecule has 0 aromatic heterocycles. The average Bonchev–Trinajstić information content (AvgIpc) is 2.63. The molecule has 2 atom stereocenters. The van der Waals surface area contributed by atoms with Crippen LogP contribution in [0.5, 0.6) is 0 Å². The predicted molar refractivity (Wildman–Crippen MR) is 96.8 cm³/mol. The molecule has 2 N–H and O–H groups in total. The second-order valence-electron chi connectivity index (χ2n) is 7.03. The van der Waals surface area contributed by atoms with Crippen LogP contribution >= 0.6 is 0 Å². The van der Waals surface area contributed by atoms with Gasteiger partial charge in [0.05, 0.1) is 25.7 Å². The van der Waals surface area contributed by atoms with Gasteiger partial charge in [0.1, 0.15) is 0 Å². The Bertz CT molecular complexity index is 610. The van der Waals surface area contributed by atoms with Gasteiger partial charge in [-0.05, 0) is 24.9 Å². The van der Waals surface area contributed by atoms with Crippen LogP contribution in [0.1, 0.15) is 24.8 Å². The lowest BCUT2D eigenvalue weighted by molar-refractivity contribution is -0.139. The third kappa shape index (κ3) is 5.19. The van der Waals surface area contributed by atoms with E-state index in [9.17, 15) is 9.59 Å². The van der Waals surface area contributed by atoms with E-state index >= 15 is 0 Å². The molecule has 26 heavy (non-hydrogen) atoms. The van der Waals surface area contributed by atoms with Crippen LogP contribution in [0.25, 0.3) is 0 Å². The molecule has 7 heteroatoms. The van der Waals surface area contributed by atoms with E-state index in [-0.39, 0.29) is 25.1 Å². The first-order chi connectivity index (χ1) is 12.6. The molecule has 0 radical (unpaired) electrons. The molecule has 2 aliphatic heterocycles. The number of carboxylic acids is 1. The summed E-state index contributed by atoms with van der Waals surface area (Å²) in [6.45, 7) is 3.89. The number of nitrogens with one attached hydrogen (secondary N) is 1. The van der Waals surface area contributed by atoms with E-state index in [1.54, 1.807) is 4.90 Å². The van der Waals surface area contributed by atoms with Gasteiger partial charge in [-0.3, -0.25) is 9.69 Å². The number of hydrogen-bond acceptors (Lipinski definition) is 4. The van der Waals surface area contributed by atoms with Crippen molar-refractivity contribution in [2.45, 2.75) is 37.9 Å². The van der Waals surface area contributed by atoms with Crippen molar-refractivity contribution in [2.75, 3.05) is 32.8 Å². The van der Waals surface area contributed by atoms with Gasteiger partial charge in [0.2, 0.25) is 0 Å². The average molecular weight is 361 g/mol. The first kappa shape index (κ1) is 18.7. The number of piperidine rings is 1. The van der Waals surface area contributed by atoms with Gasteiger partial charge in [0.25, 0.3) is 0 Å². The number of carboxylic acid groups (broad SMARTS) is 1. The van der Waals surface area contributed by atoms with Crippen LogP contribution in [0.2, 0.25) is 0 Å². The van der Waals surface area contributed by atoms with Gasteiger partial charge in [-0.2, -0.15) is 0 Å². The standard InChI is InChI=1S/C19H27N3O4/c23-18(24)11-17-14-26-10-9-22(17)19(25)20-16-7-4-8-21(13-16)12-15-5-2-1-3-6-15/h1-3,5-6,16-17H,4,7-14H2,(H,20,25)(H,23,24). The summed E-state index contributed by atoms with van der Waals surface area (Å²) in [7, 11) is 0. The molecule has 2 aliphatic rings. The summed E-state index contributed by atoms with van der Waals surface area (Å²) in [5.74, 6) is -0.912. The van der Waals surface area contributed by atoms with Crippen LogP contribution in [-0.4, -0.2) is 71.8 Å². The van der Waals surface area contributed by atoms with E-state index < -0.39 is 12.0 Å². The first-order valence-corrected chi connectivity index (χ1v) is 9.25. The zero-order valence-corrected chi connectivity index (χ0v) is 15.0. The molecule has 0 saturated carbocycles. The largest absolute Gasteiger partial charge is 0.481 e. The summed E-state index contributed by atoms with van der Waals surface area (Å²) >= 11 is 0. The summed E-state index contributed by atoms with van der Waals surface area (Å²) in [6, 6.07) is 9.85. The fourth-order valence-corrected chi connectivity index (χ4v) is 3.71. The van der Waals surface area contributed by atoms with E-state index in [2.05, 4.69) is 22.3 Å². The number of rotatable bonds is 5. The number of urea groups is 1. The van der Waals surface area contributed by atoms with E-state index in [0.717, 1.165) is 32.5 Å². The van der Waals surface area contributed by atoms with Gasteiger partial charge >= 0.3 is 12.0 Å². The minimum absolute atomic E-state index is 0.0851. The Morgan fingerprint density at radius 3 is 2.81 bits per heavy atom. The number of hydrogen-bond donors (Lipinski definition) is 2. The predicted octanol–water partition coefficient (Wildman–Crippen LogP) is 1.54. The molecule has 0 aliphatic carbocycles. The normalized spacial score (nSPS) is 24.2. The second-order valence-corrected chi connectivity index (χ2v) is 7.03. The highest BCUT2D eigenvalue weighted by Gasteiger charge is 2.31. The summed E-state index contributed by atoms with van der Waals surface area (Å²) < 4.78 is 5.34. The van der Waals surface area contributed by atoms with Crippen molar-refractivity contribution in [1.29, 1.82) is 0 Å². The van der Waals surface area contributed by atoms with Crippen LogP contribution < -0.4 is 5.32 Å². The summed E-state index contributed by atoms with van der Waals surface area (Å²) in [4.78, 5) is 27.7. The topological polar surface area (TPSA) is 82.1 Å². The lowest BCUT2D eigenvalue weighted by atomic mass is 10.0. The maximum absolute atomic E-state index is 12.7. The SMILES string of the molecule is O=C(O)CC1COCCN1C(=O)NC1CCCN(Cc2ccccc2)C1. The molecule has 7 nitrogen and oxygen atoms in total. The molecule has 0 spiro atoms. The number of carbonyl (C=O) groups is 2. The molecular weight excluding hydrogens is 334 g/mol. The molecule has 0 bridgehead atoms. The lowest BCUT2D eigenvalue weighted by Gasteiger charge is -2.38. The van der Waals surface area contributed by atoms with Crippen LogP contribution in [0, 0.1) is 0 Å². The highest BCUT2D eigenvalue weighted by atomic mass is 16.5. The van der Waals surface area contributed by atoms with Crippen LogP contribution in [0.4, 0.5) is 4.79 Å². The van der Waals surface area contributed by atoms with E-state index in [1.165, 1.54) is 5.56 Å². The van der Waals surface area contributed by atoms with Crippen molar-refractivity contribution < 1.29 is 19.4 Å². The third-order valence-electron chi connectivity index (χ3n) is 4.98. The molecule has 142 valence electrons. The molecule has 3 rings (SSSR count). The zero-order valence-electron chi connectivity index (χ0n) is 15.0. The van der Waals surface area contributed by atoms with E-state index in [0.29, 0.717) is 13.2 Å². The van der Waals surface area contributed by atoms with Gasteiger partial charge in [0.15, 0.2) is 0 Å². The first-order valence-electron chi connectivity index (χ1n) is 9.25. The molecule has 2 unspecified atom stereocenters. The van der Waals surface area contributed by atoms with Gasteiger partial charge < -0.3 is 20.1 Å². The number of ether oxygens (including phenoxy) is 1. The van der Waals surface area contributed by atoms with Crippen molar-refractivity contribution in [1.82, 2.24) is 15.1 Å². The third-order valence-corrected chi connectivity index (χ3v) is 4.98. The fraction of sp³-hybridized carbons (Fsp3) is 0.579. The maximum atomic E-state index is 12.7. The fourth-order valence-electron chi connectivity index (χ4n) is 3.71. The number of aliphatic carboxylic acids is 1. The zero-order chi connectivity index (χ0) is 18.4. The van der Waals surface area contributed by atoms with Crippen molar-refractivity contribution in [3.05, 3.63) is 35.9 Å². The van der Waals surface area contributed by atoms with Gasteiger partial charge in [-0.1, -0.05) is 30.3 Å². The van der Waals surface area contributed by atoms with Gasteiger partial charge in [0, 0.05) is 25.7 Å². The Hall–Kier alpha value is -2.12. The van der Waals surface area contributed by atoms with Crippen molar-refractivity contribution >= 4 is 12.0 Å². The minimum atomic E-state index is -0.912. The number of morpholine rings is 1. The Labute approximate surface area is 153 Å². The van der Waals surface area contributed by atoms with E-state index in [1.807, 2.05) is 18.2 Å². The second kappa shape index (κ2) is 9.00.